The molecule has 2 rings (SSSR count). The van der Waals surface area contributed by atoms with Crippen molar-refractivity contribution in [2.75, 3.05) is 19.0 Å². The summed E-state index contributed by atoms with van der Waals surface area (Å²) in [4.78, 5) is 24.3. The summed E-state index contributed by atoms with van der Waals surface area (Å²) in [6.45, 7) is 0.441. The fraction of sp³-hybridized carbons (Fsp3) is 0.250. The Hall–Kier alpha value is -2.05. The van der Waals surface area contributed by atoms with Gasteiger partial charge in [-0.05, 0) is 36.1 Å². The van der Waals surface area contributed by atoms with Crippen molar-refractivity contribution in [3.05, 3.63) is 45.6 Å². The van der Waals surface area contributed by atoms with Crippen LogP contribution < -0.4 is 15.4 Å². The van der Waals surface area contributed by atoms with Crippen molar-refractivity contribution in [1.82, 2.24) is 5.32 Å². The SMILES string of the molecule is COc1ccc(Cl)cc1NC(=O)CCCNC(=O)c1cccs1. The van der Waals surface area contributed by atoms with Gasteiger partial charge in [-0.1, -0.05) is 17.7 Å². The maximum absolute atomic E-state index is 11.9. The number of carbonyl (C=O) groups excluding carboxylic acids is 2. The molecule has 0 spiro atoms. The summed E-state index contributed by atoms with van der Waals surface area (Å²) in [5, 5.41) is 7.91. The zero-order valence-electron chi connectivity index (χ0n) is 12.6. The highest BCUT2D eigenvalue weighted by atomic mass is 35.5. The van der Waals surface area contributed by atoms with Crippen LogP contribution in [0.2, 0.25) is 5.02 Å². The van der Waals surface area contributed by atoms with Crippen LogP contribution in [0, 0.1) is 0 Å². The van der Waals surface area contributed by atoms with Gasteiger partial charge in [0.15, 0.2) is 0 Å². The van der Waals surface area contributed by atoms with Crippen LogP contribution in [0.15, 0.2) is 35.7 Å². The lowest BCUT2D eigenvalue weighted by Gasteiger charge is -2.10. The molecule has 0 saturated heterocycles. The maximum Gasteiger partial charge on any atom is 0.261 e. The third-order valence-corrected chi connectivity index (χ3v) is 4.15. The first-order valence-corrected chi connectivity index (χ1v) is 8.31. The predicted molar refractivity (Wildman–Crippen MR) is 92.5 cm³/mol. The van der Waals surface area contributed by atoms with Gasteiger partial charge in [-0.15, -0.1) is 11.3 Å². The molecular weight excluding hydrogens is 336 g/mol. The number of carbonyl (C=O) groups is 2. The summed E-state index contributed by atoms with van der Waals surface area (Å²) in [6, 6.07) is 8.61. The summed E-state index contributed by atoms with van der Waals surface area (Å²) in [5.41, 5.74) is 0.535. The topological polar surface area (TPSA) is 67.4 Å². The molecule has 2 aromatic rings. The fourth-order valence-corrected chi connectivity index (χ4v) is 2.75. The van der Waals surface area contributed by atoms with Crippen LogP contribution in [0.5, 0.6) is 5.75 Å². The van der Waals surface area contributed by atoms with E-state index in [2.05, 4.69) is 10.6 Å². The molecule has 0 aliphatic carbocycles. The van der Waals surface area contributed by atoms with Crippen molar-refractivity contribution < 1.29 is 14.3 Å². The van der Waals surface area contributed by atoms with Crippen molar-refractivity contribution in [3.63, 3.8) is 0 Å². The van der Waals surface area contributed by atoms with E-state index in [9.17, 15) is 9.59 Å². The van der Waals surface area contributed by atoms with E-state index in [4.69, 9.17) is 16.3 Å². The van der Waals surface area contributed by atoms with Gasteiger partial charge in [0.2, 0.25) is 5.91 Å². The Morgan fingerprint density at radius 1 is 1.30 bits per heavy atom. The van der Waals surface area contributed by atoms with E-state index in [0.717, 1.165) is 0 Å². The Kier molecular flexibility index (Phi) is 6.43. The summed E-state index contributed by atoms with van der Waals surface area (Å²) < 4.78 is 5.17. The molecule has 1 aromatic heterocycles. The smallest absolute Gasteiger partial charge is 0.261 e. The van der Waals surface area contributed by atoms with E-state index in [1.54, 1.807) is 24.3 Å². The van der Waals surface area contributed by atoms with Crippen LogP contribution in [0.4, 0.5) is 5.69 Å². The lowest BCUT2D eigenvalue weighted by Crippen LogP contribution is -2.24. The van der Waals surface area contributed by atoms with Gasteiger partial charge < -0.3 is 15.4 Å². The number of methoxy groups -OCH3 is 1. The summed E-state index contributed by atoms with van der Waals surface area (Å²) in [6.07, 6.45) is 0.840. The maximum atomic E-state index is 11.9. The Morgan fingerprint density at radius 3 is 2.83 bits per heavy atom. The standard InChI is InChI=1S/C16H17ClN2O3S/c1-22-13-7-6-11(17)10-12(13)19-15(20)5-2-8-18-16(21)14-4-3-9-23-14/h3-4,6-7,9-10H,2,5,8H2,1H3,(H,18,21)(H,19,20). The van der Waals surface area contributed by atoms with Gasteiger partial charge in [-0.3, -0.25) is 9.59 Å². The number of thiophene rings is 1. The van der Waals surface area contributed by atoms with E-state index in [-0.39, 0.29) is 11.8 Å². The number of hydrogen-bond donors (Lipinski definition) is 2. The van der Waals surface area contributed by atoms with E-state index >= 15 is 0 Å². The molecule has 2 N–H and O–H groups in total. The molecule has 0 unspecified atom stereocenters. The van der Waals surface area contributed by atoms with Crippen LogP contribution >= 0.6 is 22.9 Å². The highest BCUT2D eigenvalue weighted by Crippen LogP contribution is 2.27. The van der Waals surface area contributed by atoms with Crippen LogP contribution in [0.25, 0.3) is 0 Å². The summed E-state index contributed by atoms with van der Waals surface area (Å²) >= 11 is 7.30. The first-order valence-electron chi connectivity index (χ1n) is 7.05. The van der Waals surface area contributed by atoms with Crippen molar-refractivity contribution in [2.24, 2.45) is 0 Å². The van der Waals surface area contributed by atoms with E-state index in [1.807, 2.05) is 11.4 Å². The number of ether oxygens (including phenoxy) is 1. The van der Waals surface area contributed by atoms with E-state index in [1.165, 1.54) is 18.4 Å². The Balaban J connectivity index is 1.75. The Bertz CT molecular complexity index is 674. The average molecular weight is 353 g/mol. The first-order chi connectivity index (χ1) is 11.1. The summed E-state index contributed by atoms with van der Waals surface area (Å²) in [7, 11) is 1.53. The molecule has 0 radical (unpaired) electrons. The molecular formula is C16H17ClN2O3S. The van der Waals surface area contributed by atoms with Gasteiger partial charge in [0.05, 0.1) is 17.7 Å². The average Bonchev–Trinajstić information content (AvgIpc) is 3.06. The molecule has 0 aliphatic rings. The molecule has 122 valence electrons. The largest absolute Gasteiger partial charge is 0.495 e. The Morgan fingerprint density at radius 2 is 2.13 bits per heavy atom. The highest BCUT2D eigenvalue weighted by Gasteiger charge is 2.09. The molecule has 1 aromatic carbocycles. The minimum absolute atomic E-state index is 0.114. The lowest BCUT2D eigenvalue weighted by molar-refractivity contribution is -0.116. The van der Waals surface area contributed by atoms with E-state index in [0.29, 0.717) is 40.7 Å². The van der Waals surface area contributed by atoms with Gasteiger partial charge in [-0.25, -0.2) is 0 Å². The van der Waals surface area contributed by atoms with Gasteiger partial charge in [0, 0.05) is 18.0 Å². The molecule has 0 aliphatic heterocycles. The van der Waals surface area contributed by atoms with Crippen LogP contribution in [0.1, 0.15) is 22.5 Å². The van der Waals surface area contributed by atoms with Crippen molar-refractivity contribution in [3.8, 4) is 5.75 Å². The second-order valence-corrected chi connectivity index (χ2v) is 6.11. The number of nitrogens with one attached hydrogen (secondary N) is 2. The molecule has 2 amide bonds. The van der Waals surface area contributed by atoms with Crippen LogP contribution in [-0.2, 0) is 4.79 Å². The first kappa shape index (κ1) is 17.3. The van der Waals surface area contributed by atoms with E-state index < -0.39 is 0 Å². The van der Waals surface area contributed by atoms with Gasteiger partial charge in [-0.2, -0.15) is 0 Å². The molecule has 0 saturated carbocycles. The highest BCUT2D eigenvalue weighted by molar-refractivity contribution is 7.12. The monoisotopic (exact) mass is 352 g/mol. The number of benzene rings is 1. The molecule has 0 fully saturated rings. The predicted octanol–water partition coefficient (Wildman–Crippen LogP) is 3.56. The molecule has 5 nitrogen and oxygen atoms in total. The number of halogens is 1. The minimum Gasteiger partial charge on any atom is -0.495 e. The number of anilines is 1. The minimum atomic E-state index is -0.157. The zero-order valence-corrected chi connectivity index (χ0v) is 14.2. The quantitative estimate of drug-likeness (QED) is 0.749. The fourth-order valence-electron chi connectivity index (χ4n) is 1.94. The lowest BCUT2D eigenvalue weighted by atomic mass is 10.2. The van der Waals surface area contributed by atoms with Gasteiger partial charge in [0.1, 0.15) is 5.75 Å². The normalized spacial score (nSPS) is 10.2. The van der Waals surface area contributed by atoms with Gasteiger partial charge >= 0.3 is 0 Å². The van der Waals surface area contributed by atoms with Crippen molar-refractivity contribution >= 4 is 40.4 Å². The van der Waals surface area contributed by atoms with Crippen LogP contribution in [0.3, 0.4) is 0 Å². The number of rotatable bonds is 7. The molecule has 7 heteroatoms. The molecule has 0 bridgehead atoms. The van der Waals surface area contributed by atoms with Crippen molar-refractivity contribution in [1.29, 1.82) is 0 Å². The van der Waals surface area contributed by atoms with Crippen molar-refractivity contribution in [2.45, 2.75) is 12.8 Å². The van der Waals surface area contributed by atoms with Gasteiger partial charge in [0.25, 0.3) is 5.91 Å². The van der Waals surface area contributed by atoms with Crippen LogP contribution in [-0.4, -0.2) is 25.5 Å². The summed E-state index contributed by atoms with van der Waals surface area (Å²) in [5.74, 6) is 0.279. The number of hydrogen-bond acceptors (Lipinski definition) is 4. The Labute approximate surface area is 143 Å². The zero-order chi connectivity index (χ0) is 16.7. The second-order valence-electron chi connectivity index (χ2n) is 4.73. The third kappa shape index (κ3) is 5.26. The molecule has 0 atom stereocenters. The number of amides is 2. The third-order valence-electron chi connectivity index (χ3n) is 3.05. The second kappa shape index (κ2) is 8.55. The molecule has 23 heavy (non-hydrogen) atoms. The molecule has 1 heterocycles.